The molecule has 0 unspecified atom stereocenters. The molecule has 0 aliphatic heterocycles. The van der Waals surface area contributed by atoms with Crippen LogP contribution in [0.3, 0.4) is 0 Å². The number of aromatic nitrogens is 2. The van der Waals surface area contributed by atoms with Crippen LogP contribution in [0.2, 0.25) is 0 Å². The van der Waals surface area contributed by atoms with E-state index in [1.54, 1.807) is 13.8 Å². The van der Waals surface area contributed by atoms with Crippen LogP contribution >= 0.6 is 0 Å². The SMILES string of the molecule is Cc1nn(C)c(=O)c(C(=O)NC[C@H](C)Oc2ccccc2)c1C. The van der Waals surface area contributed by atoms with Crippen molar-refractivity contribution in [3.8, 4) is 5.75 Å². The third-order valence-corrected chi connectivity index (χ3v) is 3.58. The summed E-state index contributed by atoms with van der Waals surface area (Å²) in [7, 11) is 1.53. The van der Waals surface area contributed by atoms with Crippen molar-refractivity contribution in [3.63, 3.8) is 0 Å². The standard InChI is InChI=1S/C17H21N3O3/c1-11(23-14-8-6-5-7-9-14)10-18-16(21)15-12(2)13(3)19-20(4)17(15)22/h5-9,11H,10H2,1-4H3,(H,18,21)/t11-/m0/s1. The molecule has 6 heteroatoms. The summed E-state index contributed by atoms with van der Waals surface area (Å²) in [6, 6.07) is 9.37. The maximum atomic E-state index is 12.3. The summed E-state index contributed by atoms with van der Waals surface area (Å²) >= 11 is 0. The van der Waals surface area contributed by atoms with Gasteiger partial charge in [0.25, 0.3) is 11.5 Å². The number of carbonyl (C=O) groups excluding carboxylic acids is 1. The molecule has 6 nitrogen and oxygen atoms in total. The molecule has 1 atom stereocenters. The molecule has 2 aromatic rings. The van der Waals surface area contributed by atoms with E-state index in [0.29, 0.717) is 17.8 Å². The molecule has 0 spiro atoms. The smallest absolute Gasteiger partial charge is 0.279 e. The molecule has 0 fully saturated rings. The second kappa shape index (κ2) is 7.09. The van der Waals surface area contributed by atoms with Crippen LogP contribution in [-0.4, -0.2) is 28.3 Å². The van der Waals surface area contributed by atoms with Crippen LogP contribution in [0.1, 0.15) is 28.5 Å². The molecule has 23 heavy (non-hydrogen) atoms. The Hall–Kier alpha value is -2.63. The van der Waals surface area contributed by atoms with Gasteiger partial charge in [0.15, 0.2) is 0 Å². The van der Waals surface area contributed by atoms with Crippen LogP contribution in [-0.2, 0) is 7.05 Å². The van der Waals surface area contributed by atoms with Gasteiger partial charge in [0.1, 0.15) is 17.4 Å². The van der Waals surface area contributed by atoms with Gasteiger partial charge in [-0.3, -0.25) is 9.59 Å². The first-order valence-corrected chi connectivity index (χ1v) is 7.44. The summed E-state index contributed by atoms with van der Waals surface area (Å²) in [5, 5.41) is 6.82. The summed E-state index contributed by atoms with van der Waals surface area (Å²) in [6.45, 7) is 5.66. The Labute approximate surface area is 135 Å². The fourth-order valence-corrected chi connectivity index (χ4v) is 2.21. The second-order valence-electron chi connectivity index (χ2n) is 5.47. The van der Waals surface area contributed by atoms with Crippen molar-refractivity contribution in [3.05, 3.63) is 57.5 Å². The van der Waals surface area contributed by atoms with Crippen LogP contribution < -0.4 is 15.6 Å². The molecule has 2 rings (SSSR count). The zero-order valence-corrected chi connectivity index (χ0v) is 13.8. The average Bonchev–Trinajstić information content (AvgIpc) is 2.52. The lowest BCUT2D eigenvalue weighted by Gasteiger charge is -2.16. The number of para-hydroxylation sites is 1. The molecule has 0 radical (unpaired) electrons. The van der Waals surface area contributed by atoms with E-state index in [1.807, 2.05) is 37.3 Å². The van der Waals surface area contributed by atoms with Crippen molar-refractivity contribution in [2.24, 2.45) is 7.05 Å². The number of aryl methyl sites for hydroxylation is 2. The van der Waals surface area contributed by atoms with Crippen molar-refractivity contribution in [1.82, 2.24) is 15.1 Å². The van der Waals surface area contributed by atoms with E-state index in [-0.39, 0.29) is 11.7 Å². The number of benzene rings is 1. The maximum Gasteiger partial charge on any atom is 0.279 e. The van der Waals surface area contributed by atoms with Crippen LogP contribution in [0.5, 0.6) is 5.75 Å². The van der Waals surface area contributed by atoms with Crippen molar-refractivity contribution in [2.75, 3.05) is 6.54 Å². The van der Waals surface area contributed by atoms with Gasteiger partial charge in [0.05, 0.1) is 12.2 Å². The fraction of sp³-hybridized carbons (Fsp3) is 0.353. The number of nitrogens with zero attached hydrogens (tertiary/aromatic N) is 2. The van der Waals surface area contributed by atoms with Crippen LogP contribution in [0.4, 0.5) is 0 Å². The quantitative estimate of drug-likeness (QED) is 0.909. The predicted octanol–water partition coefficient (Wildman–Crippen LogP) is 1.59. The highest BCUT2D eigenvalue weighted by Crippen LogP contribution is 2.10. The van der Waals surface area contributed by atoms with E-state index in [2.05, 4.69) is 10.4 Å². The Morgan fingerprint density at radius 3 is 2.61 bits per heavy atom. The number of hydrogen-bond donors (Lipinski definition) is 1. The summed E-state index contributed by atoms with van der Waals surface area (Å²) in [5.74, 6) is 0.332. The van der Waals surface area contributed by atoms with Gasteiger partial charge >= 0.3 is 0 Å². The Balaban J connectivity index is 2.04. The molecule has 0 saturated heterocycles. The number of nitrogens with one attached hydrogen (secondary N) is 1. The number of ether oxygens (including phenoxy) is 1. The summed E-state index contributed by atoms with van der Waals surface area (Å²) < 4.78 is 6.88. The van der Waals surface area contributed by atoms with Gasteiger partial charge in [-0.25, -0.2) is 4.68 Å². The van der Waals surface area contributed by atoms with Crippen molar-refractivity contribution >= 4 is 5.91 Å². The molecular weight excluding hydrogens is 294 g/mol. The molecule has 1 amide bonds. The Kier molecular flexibility index (Phi) is 5.16. The largest absolute Gasteiger partial charge is 0.489 e. The molecule has 1 N–H and O–H groups in total. The highest BCUT2D eigenvalue weighted by atomic mass is 16.5. The lowest BCUT2D eigenvalue weighted by Crippen LogP contribution is -2.39. The van der Waals surface area contributed by atoms with E-state index in [1.165, 1.54) is 11.7 Å². The number of amides is 1. The minimum Gasteiger partial charge on any atom is -0.489 e. The predicted molar refractivity (Wildman–Crippen MR) is 87.8 cm³/mol. The highest BCUT2D eigenvalue weighted by Gasteiger charge is 2.18. The van der Waals surface area contributed by atoms with Gasteiger partial charge in [-0.05, 0) is 38.5 Å². The fourth-order valence-electron chi connectivity index (χ4n) is 2.21. The molecule has 1 aromatic heterocycles. The van der Waals surface area contributed by atoms with Gasteiger partial charge in [-0.1, -0.05) is 18.2 Å². The number of rotatable bonds is 5. The van der Waals surface area contributed by atoms with Gasteiger partial charge in [-0.2, -0.15) is 5.10 Å². The van der Waals surface area contributed by atoms with Crippen LogP contribution in [0, 0.1) is 13.8 Å². The zero-order valence-electron chi connectivity index (χ0n) is 13.8. The van der Waals surface area contributed by atoms with E-state index in [9.17, 15) is 9.59 Å². The Morgan fingerprint density at radius 1 is 1.30 bits per heavy atom. The van der Waals surface area contributed by atoms with E-state index >= 15 is 0 Å². The maximum absolute atomic E-state index is 12.3. The van der Waals surface area contributed by atoms with Crippen LogP contribution in [0.25, 0.3) is 0 Å². The first-order chi connectivity index (χ1) is 10.9. The van der Waals surface area contributed by atoms with Crippen molar-refractivity contribution < 1.29 is 9.53 Å². The van der Waals surface area contributed by atoms with E-state index < -0.39 is 11.5 Å². The van der Waals surface area contributed by atoms with Crippen LogP contribution in [0.15, 0.2) is 35.1 Å². The molecule has 122 valence electrons. The first-order valence-electron chi connectivity index (χ1n) is 7.44. The third kappa shape index (κ3) is 3.97. The lowest BCUT2D eigenvalue weighted by molar-refractivity contribution is 0.0929. The van der Waals surface area contributed by atoms with E-state index in [0.717, 1.165) is 5.75 Å². The molecule has 1 heterocycles. The minimum atomic E-state index is -0.405. The summed E-state index contributed by atoms with van der Waals surface area (Å²) in [5.41, 5.74) is 0.988. The zero-order chi connectivity index (χ0) is 17.0. The van der Waals surface area contributed by atoms with Gasteiger partial charge < -0.3 is 10.1 Å². The highest BCUT2D eigenvalue weighted by molar-refractivity contribution is 5.95. The Morgan fingerprint density at radius 2 is 1.96 bits per heavy atom. The average molecular weight is 315 g/mol. The normalized spacial score (nSPS) is 11.8. The van der Waals surface area contributed by atoms with E-state index in [4.69, 9.17) is 4.74 Å². The molecule has 0 saturated carbocycles. The van der Waals surface area contributed by atoms with Crippen molar-refractivity contribution in [1.29, 1.82) is 0 Å². The van der Waals surface area contributed by atoms with Gasteiger partial charge in [-0.15, -0.1) is 0 Å². The van der Waals surface area contributed by atoms with Gasteiger partial charge in [0, 0.05) is 7.05 Å². The third-order valence-electron chi connectivity index (χ3n) is 3.58. The monoisotopic (exact) mass is 315 g/mol. The molecule has 0 bridgehead atoms. The first kappa shape index (κ1) is 16.7. The lowest BCUT2D eigenvalue weighted by atomic mass is 10.1. The molecule has 0 aliphatic rings. The topological polar surface area (TPSA) is 73.2 Å². The molecular formula is C17H21N3O3. The summed E-state index contributed by atoms with van der Waals surface area (Å²) in [4.78, 5) is 24.5. The second-order valence-corrected chi connectivity index (χ2v) is 5.47. The number of carbonyl (C=O) groups is 1. The van der Waals surface area contributed by atoms with Gasteiger partial charge in [0.2, 0.25) is 0 Å². The Bertz CT molecular complexity index is 754. The number of hydrogen-bond acceptors (Lipinski definition) is 4. The molecule has 1 aromatic carbocycles. The van der Waals surface area contributed by atoms with Crippen molar-refractivity contribution in [2.45, 2.75) is 26.9 Å². The minimum absolute atomic E-state index is 0.131. The summed E-state index contributed by atoms with van der Waals surface area (Å²) in [6.07, 6.45) is -0.214. The molecule has 0 aliphatic carbocycles.